The van der Waals surface area contributed by atoms with Gasteiger partial charge in [0.15, 0.2) is 57.8 Å². The highest BCUT2D eigenvalue weighted by atomic mass is 32.1. The van der Waals surface area contributed by atoms with Crippen LogP contribution in [-0.4, -0.2) is 57.8 Å². The fraction of sp³-hybridized carbons (Fsp3) is 0. The van der Waals surface area contributed by atoms with Crippen molar-refractivity contribution in [1.29, 1.82) is 0 Å². The standard InChI is InChI=1S/3C14H10N2O2.2C14H8O2S2/c15-7-1-3-9-11(5-7)14(18)10-4-2-8(16)6-12(10)13(9)17;15-9-5-1-3-7-11(9)14(18)8-4-2-6-10(16)12(8)13(7)17;15-9-5-6-10(16)12-11(9)13(17)7-3-1-2-4-8(7)14(12)18;15-13-9-3-1-7(17)5-11(9)14(16)10-4-2-8(18)6-12(10)13;15-13-7-3-1-5-9(17)11(7)14(16)8-4-2-6-10(18)12(8)13/h3*1-6H,15-16H2;2*1-6,17-18H. The molecular weight excluding hydrogens is 1210 g/mol. The van der Waals surface area contributed by atoms with Crippen molar-refractivity contribution in [2.24, 2.45) is 0 Å². The number of hydrogen-bond acceptors (Lipinski definition) is 20. The van der Waals surface area contributed by atoms with Crippen LogP contribution in [0.2, 0.25) is 0 Å². The van der Waals surface area contributed by atoms with E-state index in [-0.39, 0.29) is 91.5 Å². The summed E-state index contributed by atoms with van der Waals surface area (Å²) < 4.78 is 0. The Kier molecular flexibility index (Phi) is 16.2. The maximum atomic E-state index is 12.4. The number of benzene rings is 10. The van der Waals surface area contributed by atoms with Gasteiger partial charge in [-0.3, -0.25) is 47.9 Å². The molecule has 90 heavy (non-hydrogen) atoms. The molecular formula is C70H46N6O10S4. The first-order valence-electron chi connectivity index (χ1n) is 27.1. The second kappa shape index (κ2) is 24.0. The van der Waals surface area contributed by atoms with Crippen LogP contribution < -0.4 is 34.4 Å². The molecule has 440 valence electrons. The number of rotatable bonds is 0. The van der Waals surface area contributed by atoms with Crippen molar-refractivity contribution >= 4 is 142 Å². The summed E-state index contributed by atoms with van der Waals surface area (Å²) in [5.74, 6) is -1.96. The van der Waals surface area contributed by atoms with Gasteiger partial charge in [-0.25, -0.2) is 0 Å². The minimum Gasteiger partial charge on any atom is -0.399 e. The zero-order valence-corrected chi connectivity index (χ0v) is 50.2. The average Bonchev–Trinajstić information content (AvgIpc) is 1.11. The normalized spacial score (nSPS) is 13.2. The number of hydrogen-bond donors (Lipinski definition) is 10. The molecule has 0 bridgehead atoms. The number of ketones is 10. The van der Waals surface area contributed by atoms with Gasteiger partial charge in [0.1, 0.15) is 0 Å². The van der Waals surface area contributed by atoms with E-state index in [0.717, 1.165) is 0 Å². The Morgan fingerprint density at radius 3 is 0.811 bits per heavy atom. The van der Waals surface area contributed by atoms with Crippen molar-refractivity contribution in [2.45, 2.75) is 19.6 Å². The monoisotopic (exact) mass is 1260 g/mol. The first-order chi connectivity index (χ1) is 43.0. The van der Waals surface area contributed by atoms with Crippen molar-refractivity contribution in [3.05, 3.63) is 293 Å². The molecule has 0 aromatic heterocycles. The first-order valence-corrected chi connectivity index (χ1v) is 28.9. The molecule has 5 aliphatic carbocycles. The molecule has 0 spiro atoms. The summed E-state index contributed by atoms with van der Waals surface area (Å²) in [7, 11) is 0. The van der Waals surface area contributed by atoms with Gasteiger partial charge in [0.25, 0.3) is 0 Å². The molecule has 0 radical (unpaired) electrons. The molecule has 0 aliphatic heterocycles. The number of carbonyl (C=O) groups excluding carboxylic acids is 10. The number of fused-ring (bicyclic) bond motifs is 10. The van der Waals surface area contributed by atoms with Crippen molar-refractivity contribution in [3.63, 3.8) is 0 Å². The summed E-state index contributed by atoms with van der Waals surface area (Å²) in [4.78, 5) is 126. The lowest BCUT2D eigenvalue weighted by atomic mass is 9.82. The van der Waals surface area contributed by atoms with Crippen molar-refractivity contribution in [3.8, 4) is 0 Å². The number of thiol groups is 4. The number of nitrogen functional groups attached to an aromatic ring is 6. The lowest BCUT2D eigenvalue weighted by Gasteiger charge is -2.20. The summed E-state index contributed by atoms with van der Waals surface area (Å²) >= 11 is 16.9. The molecule has 5 aliphatic rings. The van der Waals surface area contributed by atoms with Crippen LogP contribution in [0.15, 0.2) is 202 Å². The van der Waals surface area contributed by atoms with Gasteiger partial charge >= 0.3 is 0 Å². The van der Waals surface area contributed by atoms with E-state index in [1.54, 1.807) is 170 Å². The van der Waals surface area contributed by atoms with Crippen molar-refractivity contribution < 1.29 is 47.9 Å². The van der Waals surface area contributed by atoms with E-state index in [1.807, 2.05) is 0 Å². The molecule has 0 unspecified atom stereocenters. The van der Waals surface area contributed by atoms with E-state index in [2.05, 4.69) is 50.5 Å². The largest absolute Gasteiger partial charge is 0.399 e. The Bertz CT molecular complexity index is 4400. The molecule has 0 fully saturated rings. The SMILES string of the molecule is Nc1ccc(N)c2c1C(=O)c1ccccc1C2=O.Nc1ccc2c(c1)C(=O)c1ccc(N)cc1C2=O.Nc1cccc2c1C(=O)c1cccc(N)c1C2=O.O=C1c2ccc(S)cc2C(=O)c2ccc(S)cc21.O=C1c2cccc(S)c2C(=O)c2cccc(S)c21. The van der Waals surface area contributed by atoms with Crippen molar-refractivity contribution in [1.82, 2.24) is 0 Å². The number of nitrogens with two attached hydrogens (primary N) is 6. The van der Waals surface area contributed by atoms with Crippen LogP contribution in [0, 0.1) is 0 Å². The van der Waals surface area contributed by atoms with Crippen LogP contribution in [0.4, 0.5) is 34.1 Å². The van der Waals surface area contributed by atoms with E-state index in [1.165, 1.54) is 12.1 Å². The summed E-state index contributed by atoms with van der Waals surface area (Å²) in [6.45, 7) is 0. The predicted molar refractivity (Wildman–Crippen MR) is 354 cm³/mol. The summed E-state index contributed by atoms with van der Waals surface area (Å²) in [5.41, 5.74) is 43.8. The summed E-state index contributed by atoms with van der Waals surface area (Å²) in [6.07, 6.45) is 0. The maximum Gasteiger partial charge on any atom is 0.196 e. The topological polar surface area (TPSA) is 327 Å². The van der Waals surface area contributed by atoms with E-state index in [9.17, 15) is 47.9 Å². The lowest BCUT2D eigenvalue weighted by Crippen LogP contribution is -2.23. The molecule has 20 heteroatoms. The van der Waals surface area contributed by atoms with Gasteiger partial charge in [-0.1, -0.05) is 72.8 Å². The quantitative estimate of drug-likeness (QED) is 0.0498. The van der Waals surface area contributed by atoms with Gasteiger partial charge in [0, 0.05) is 143 Å². The highest BCUT2D eigenvalue weighted by Crippen LogP contribution is 2.38. The number of anilines is 6. The van der Waals surface area contributed by atoms with Gasteiger partial charge in [0.2, 0.25) is 0 Å². The van der Waals surface area contributed by atoms with E-state index in [4.69, 9.17) is 34.4 Å². The molecule has 0 atom stereocenters. The van der Waals surface area contributed by atoms with Gasteiger partial charge < -0.3 is 34.4 Å². The molecule has 0 heterocycles. The Morgan fingerprint density at radius 2 is 0.456 bits per heavy atom. The highest BCUT2D eigenvalue weighted by Gasteiger charge is 2.36. The molecule has 10 aromatic carbocycles. The molecule has 12 N–H and O–H groups in total. The van der Waals surface area contributed by atoms with E-state index < -0.39 is 0 Å². The van der Waals surface area contributed by atoms with E-state index >= 15 is 0 Å². The predicted octanol–water partition coefficient (Wildman–Crippen LogP) is 11.0. The maximum absolute atomic E-state index is 12.4. The summed E-state index contributed by atoms with van der Waals surface area (Å²) in [6, 6.07) is 49.1. The van der Waals surface area contributed by atoms with Crippen LogP contribution in [0.25, 0.3) is 0 Å². The second-order valence-electron chi connectivity index (χ2n) is 20.8. The average molecular weight is 1260 g/mol. The third-order valence-corrected chi connectivity index (χ3v) is 16.7. The Labute approximate surface area is 534 Å². The highest BCUT2D eigenvalue weighted by molar-refractivity contribution is 7.81. The lowest BCUT2D eigenvalue weighted by molar-refractivity contribution is 0.0974. The summed E-state index contributed by atoms with van der Waals surface area (Å²) in [5, 5.41) is 0. The molecule has 10 aromatic rings. The number of carbonyl (C=O) groups is 10. The van der Waals surface area contributed by atoms with Gasteiger partial charge in [-0.15, -0.1) is 50.5 Å². The minimum absolute atomic E-state index is 0.135. The smallest absolute Gasteiger partial charge is 0.196 e. The van der Waals surface area contributed by atoms with Crippen LogP contribution in [-0.2, 0) is 0 Å². The van der Waals surface area contributed by atoms with Crippen LogP contribution in [0.1, 0.15) is 159 Å². The molecule has 15 rings (SSSR count). The fourth-order valence-corrected chi connectivity index (χ4v) is 12.1. The van der Waals surface area contributed by atoms with Crippen LogP contribution in [0.5, 0.6) is 0 Å². The van der Waals surface area contributed by atoms with Gasteiger partial charge in [-0.2, -0.15) is 0 Å². The molecule has 16 nitrogen and oxygen atoms in total. The minimum atomic E-state index is -0.245. The molecule has 0 saturated carbocycles. The second-order valence-corrected chi connectivity index (χ2v) is 22.8. The Balaban J connectivity index is 0.000000116. The fourth-order valence-electron chi connectivity index (χ4n) is 11.1. The first kappa shape index (κ1) is 60.8. The molecule has 0 saturated heterocycles. The van der Waals surface area contributed by atoms with Gasteiger partial charge in [0.05, 0.1) is 22.3 Å². The van der Waals surface area contributed by atoms with Gasteiger partial charge in [-0.05, 0) is 109 Å². The Morgan fingerprint density at radius 1 is 0.200 bits per heavy atom. The van der Waals surface area contributed by atoms with E-state index in [0.29, 0.717) is 131 Å². The van der Waals surface area contributed by atoms with Crippen LogP contribution in [0.3, 0.4) is 0 Å². The zero-order valence-electron chi connectivity index (χ0n) is 46.7. The van der Waals surface area contributed by atoms with Crippen molar-refractivity contribution in [2.75, 3.05) is 34.4 Å². The third-order valence-electron chi connectivity index (χ3n) is 15.4. The zero-order chi connectivity index (χ0) is 64.3. The van der Waals surface area contributed by atoms with Crippen LogP contribution >= 0.6 is 50.5 Å². The molecule has 0 amide bonds. The Hall–Kier alpha value is -10.9. The third kappa shape index (κ3) is 10.6.